The van der Waals surface area contributed by atoms with Crippen molar-refractivity contribution < 1.29 is 13.9 Å². The lowest BCUT2D eigenvalue weighted by atomic mass is 9.98. The van der Waals surface area contributed by atoms with Crippen molar-refractivity contribution in [2.45, 2.75) is 24.8 Å². The van der Waals surface area contributed by atoms with Gasteiger partial charge in [0.1, 0.15) is 18.2 Å². The highest BCUT2D eigenvalue weighted by atomic mass is 19.1. The van der Waals surface area contributed by atoms with Gasteiger partial charge in [0.05, 0.1) is 45.8 Å². The quantitative estimate of drug-likeness (QED) is 0.272. The van der Waals surface area contributed by atoms with E-state index in [0.717, 1.165) is 42.5 Å². The van der Waals surface area contributed by atoms with E-state index >= 15 is 4.39 Å². The first-order valence-corrected chi connectivity index (χ1v) is 13.6. The molecular weight excluding hydrogens is 509 g/mol. The molecule has 8 nitrogen and oxygen atoms in total. The van der Waals surface area contributed by atoms with Crippen molar-refractivity contribution in [1.29, 1.82) is 0 Å². The second-order valence-corrected chi connectivity index (χ2v) is 11.1. The van der Waals surface area contributed by atoms with Gasteiger partial charge < -0.3 is 14.4 Å². The monoisotopic (exact) mass is 539 g/mol. The van der Waals surface area contributed by atoms with Crippen LogP contribution in [0.4, 0.5) is 4.39 Å². The van der Waals surface area contributed by atoms with Crippen molar-refractivity contribution in [1.82, 2.24) is 24.0 Å². The lowest BCUT2D eigenvalue weighted by Crippen LogP contribution is -2.34. The van der Waals surface area contributed by atoms with Gasteiger partial charge in [0.15, 0.2) is 0 Å². The number of hydrogen-bond acceptors (Lipinski definition) is 6. The third kappa shape index (κ3) is 3.79. The number of aryl methyl sites for hydroxylation is 1. The summed E-state index contributed by atoms with van der Waals surface area (Å²) in [7, 11) is 5.81. The second-order valence-electron chi connectivity index (χ2n) is 11.1. The highest BCUT2D eigenvalue weighted by Crippen LogP contribution is 2.51. The molecular formula is C31H30FN5O3. The molecule has 0 N–H and O–H groups in total. The van der Waals surface area contributed by atoms with E-state index in [1.54, 1.807) is 24.0 Å². The summed E-state index contributed by atoms with van der Waals surface area (Å²) < 4.78 is 32.0. The highest BCUT2D eigenvalue weighted by Gasteiger charge is 2.50. The molecule has 0 amide bonds. The average Bonchev–Trinajstić information content (AvgIpc) is 3.71. The normalized spacial score (nSPS) is 15.2. The zero-order valence-electron chi connectivity index (χ0n) is 22.8. The van der Waals surface area contributed by atoms with E-state index in [4.69, 9.17) is 9.47 Å². The van der Waals surface area contributed by atoms with Gasteiger partial charge in [-0.2, -0.15) is 0 Å². The Bertz CT molecular complexity index is 1840. The van der Waals surface area contributed by atoms with E-state index < -0.39 is 11.4 Å². The number of hydrogen-bond donors (Lipinski definition) is 0. The molecule has 0 bridgehead atoms. The molecule has 9 heteroatoms. The van der Waals surface area contributed by atoms with Gasteiger partial charge in [-0.25, -0.2) is 14.2 Å². The SMILES string of the molecule is CN(C)CCCOc1ncc(-c2c(F)cc3ncc4c5c3c2OCC2(CC2)n5c(=O)n4C)cc1-c1ccccc1. The smallest absolute Gasteiger partial charge is 0.329 e. The molecule has 4 heterocycles. The number of imidazole rings is 1. The number of pyridine rings is 2. The van der Waals surface area contributed by atoms with Crippen LogP contribution in [-0.2, 0) is 12.6 Å². The molecule has 1 fully saturated rings. The molecule has 1 aliphatic heterocycles. The Balaban J connectivity index is 1.43. The molecule has 1 aliphatic carbocycles. The van der Waals surface area contributed by atoms with Crippen LogP contribution < -0.4 is 15.2 Å². The summed E-state index contributed by atoms with van der Waals surface area (Å²) in [5, 5.41) is 0.653. The fourth-order valence-corrected chi connectivity index (χ4v) is 5.80. The zero-order valence-corrected chi connectivity index (χ0v) is 22.8. The highest BCUT2D eigenvalue weighted by molar-refractivity contribution is 6.09. The Labute approximate surface area is 230 Å². The predicted molar refractivity (Wildman–Crippen MR) is 152 cm³/mol. The van der Waals surface area contributed by atoms with Gasteiger partial charge in [-0.3, -0.25) is 14.1 Å². The minimum absolute atomic E-state index is 0.104. The van der Waals surface area contributed by atoms with E-state index in [1.807, 2.05) is 55.1 Å². The first kappa shape index (κ1) is 24.8. The van der Waals surface area contributed by atoms with E-state index in [1.165, 1.54) is 6.07 Å². The summed E-state index contributed by atoms with van der Waals surface area (Å²) in [6.07, 6.45) is 5.81. The Morgan fingerprint density at radius 2 is 1.90 bits per heavy atom. The summed E-state index contributed by atoms with van der Waals surface area (Å²) in [6.45, 7) is 1.70. The summed E-state index contributed by atoms with van der Waals surface area (Å²) >= 11 is 0. The van der Waals surface area contributed by atoms with Crippen LogP contribution in [0, 0.1) is 5.82 Å². The minimum Gasteiger partial charge on any atom is -0.490 e. The lowest BCUT2D eigenvalue weighted by molar-refractivity contribution is 0.241. The Morgan fingerprint density at radius 3 is 2.65 bits per heavy atom. The number of benzene rings is 2. The van der Waals surface area contributed by atoms with Crippen LogP contribution in [0.25, 0.3) is 44.2 Å². The molecule has 2 aliphatic rings. The summed E-state index contributed by atoms with van der Waals surface area (Å²) in [6, 6.07) is 13.2. The first-order chi connectivity index (χ1) is 19.4. The number of ether oxygens (including phenoxy) is 2. The van der Waals surface area contributed by atoms with Crippen molar-refractivity contribution in [3.63, 3.8) is 0 Å². The van der Waals surface area contributed by atoms with Crippen molar-refractivity contribution in [2.24, 2.45) is 7.05 Å². The van der Waals surface area contributed by atoms with E-state index in [9.17, 15) is 4.79 Å². The molecule has 1 saturated carbocycles. The molecule has 0 unspecified atom stereocenters. The van der Waals surface area contributed by atoms with Gasteiger partial charge in [-0.15, -0.1) is 0 Å². The van der Waals surface area contributed by atoms with Crippen LogP contribution in [-0.4, -0.2) is 57.9 Å². The Kier molecular flexibility index (Phi) is 5.67. The molecule has 0 radical (unpaired) electrons. The summed E-state index contributed by atoms with van der Waals surface area (Å²) in [4.78, 5) is 24.7. The van der Waals surface area contributed by atoms with Crippen molar-refractivity contribution in [3.05, 3.63) is 71.2 Å². The topological polar surface area (TPSA) is 74.4 Å². The zero-order chi connectivity index (χ0) is 27.6. The fraction of sp³-hybridized carbons (Fsp3) is 0.323. The van der Waals surface area contributed by atoms with Gasteiger partial charge in [0.25, 0.3) is 0 Å². The molecule has 1 spiro atoms. The molecule has 2 aromatic carbocycles. The van der Waals surface area contributed by atoms with Gasteiger partial charge in [0.2, 0.25) is 5.88 Å². The molecule has 204 valence electrons. The Hall–Kier alpha value is -4.24. The van der Waals surface area contributed by atoms with Gasteiger partial charge >= 0.3 is 5.69 Å². The van der Waals surface area contributed by atoms with E-state index in [-0.39, 0.29) is 12.3 Å². The standard InChI is InChI=1S/C31H30FN5O3/c1-35(2)12-7-13-39-29-21(19-8-5-4-6-9-19)14-20(16-34-29)25-22(32)15-23-26-27-24(17-33-23)36(3)30(38)37(27)31(10-11-31)18-40-28(25)26/h4-6,8-9,14-17H,7,10-13,18H2,1-3H3. The molecule has 0 saturated heterocycles. The van der Waals surface area contributed by atoms with E-state index in [0.29, 0.717) is 45.8 Å². The Morgan fingerprint density at radius 1 is 1.10 bits per heavy atom. The third-order valence-electron chi connectivity index (χ3n) is 8.08. The van der Waals surface area contributed by atoms with Crippen molar-refractivity contribution >= 4 is 21.9 Å². The molecule has 5 aromatic rings. The van der Waals surface area contributed by atoms with Gasteiger partial charge in [-0.1, -0.05) is 30.3 Å². The number of halogens is 1. The summed E-state index contributed by atoms with van der Waals surface area (Å²) in [5.74, 6) is 0.447. The van der Waals surface area contributed by atoms with Crippen LogP contribution in [0.5, 0.6) is 11.6 Å². The van der Waals surface area contributed by atoms with E-state index in [2.05, 4.69) is 14.9 Å². The largest absolute Gasteiger partial charge is 0.490 e. The van der Waals surface area contributed by atoms with Crippen molar-refractivity contribution in [2.75, 3.05) is 33.9 Å². The number of aromatic nitrogens is 4. The number of rotatable bonds is 7. The number of nitrogens with zero attached hydrogens (tertiary/aromatic N) is 5. The molecule has 3 aromatic heterocycles. The molecule has 40 heavy (non-hydrogen) atoms. The van der Waals surface area contributed by atoms with Crippen molar-refractivity contribution in [3.8, 4) is 33.9 Å². The van der Waals surface area contributed by atoms with Crippen LogP contribution >= 0.6 is 0 Å². The first-order valence-electron chi connectivity index (χ1n) is 13.6. The number of fused-ring (bicyclic) bond motifs is 1. The second kappa shape index (κ2) is 9.16. The van der Waals surface area contributed by atoms with Gasteiger partial charge in [0, 0.05) is 37.0 Å². The average molecular weight is 540 g/mol. The molecule has 0 atom stereocenters. The fourth-order valence-electron chi connectivity index (χ4n) is 5.80. The maximum absolute atomic E-state index is 16.0. The lowest BCUT2D eigenvalue weighted by Gasteiger charge is -2.18. The van der Waals surface area contributed by atoms with Crippen LogP contribution in [0.15, 0.2) is 59.7 Å². The predicted octanol–water partition coefficient (Wildman–Crippen LogP) is 4.97. The van der Waals surface area contributed by atoms with Crippen LogP contribution in [0.1, 0.15) is 19.3 Å². The molecule has 7 rings (SSSR count). The maximum Gasteiger partial charge on any atom is 0.329 e. The third-order valence-corrected chi connectivity index (χ3v) is 8.08. The van der Waals surface area contributed by atoms with Crippen LogP contribution in [0.2, 0.25) is 0 Å². The van der Waals surface area contributed by atoms with Gasteiger partial charge in [-0.05, 0) is 45.0 Å². The summed E-state index contributed by atoms with van der Waals surface area (Å²) in [5.41, 5.74) is 3.97. The maximum atomic E-state index is 16.0. The van der Waals surface area contributed by atoms with Crippen LogP contribution in [0.3, 0.4) is 0 Å². The minimum atomic E-state index is -0.452.